The molecule has 17 heavy (non-hydrogen) atoms. The minimum absolute atomic E-state index is 0.102. The first-order chi connectivity index (χ1) is 8.35. The van der Waals surface area contributed by atoms with Crippen LogP contribution in [0.5, 0.6) is 5.75 Å². The highest BCUT2D eigenvalue weighted by atomic mass is 16.5. The third-order valence-electron chi connectivity index (χ3n) is 4.10. The number of hydrogen-bond donors (Lipinski definition) is 1. The number of nitrogens with zero attached hydrogens (tertiary/aromatic N) is 1. The highest BCUT2D eigenvalue weighted by molar-refractivity contribution is 5.32. The number of rotatable bonds is 2. The van der Waals surface area contributed by atoms with E-state index in [0.717, 1.165) is 12.3 Å². The second-order valence-corrected chi connectivity index (χ2v) is 4.96. The Balaban J connectivity index is 1.94. The molecule has 0 saturated carbocycles. The molecule has 0 amide bonds. The van der Waals surface area contributed by atoms with Gasteiger partial charge in [0, 0.05) is 13.1 Å². The molecule has 3 rings (SSSR count). The van der Waals surface area contributed by atoms with Gasteiger partial charge in [0.05, 0.1) is 12.8 Å². The lowest BCUT2D eigenvalue weighted by Gasteiger charge is -2.43. The van der Waals surface area contributed by atoms with Gasteiger partial charge in [-0.15, -0.1) is 0 Å². The maximum atomic E-state index is 5.23. The van der Waals surface area contributed by atoms with E-state index in [9.17, 15) is 0 Å². The van der Waals surface area contributed by atoms with Crippen LogP contribution < -0.4 is 10.1 Å². The largest absolute Gasteiger partial charge is 0.497 e. The van der Waals surface area contributed by atoms with E-state index >= 15 is 0 Å². The van der Waals surface area contributed by atoms with Crippen molar-refractivity contribution < 1.29 is 4.74 Å². The Kier molecular flexibility index (Phi) is 2.81. The van der Waals surface area contributed by atoms with Gasteiger partial charge in [0.15, 0.2) is 0 Å². The van der Waals surface area contributed by atoms with Crippen LogP contribution in [0.25, 0.3) is 0 Å². The molecular formula is C14H20N2O. The van der Waals surface area contributed by atoms with Crippen molar-refractivity contribution in [3.05, 3.63) is 29.8 Å². The molecule has 0 bridgehead atoms. The van der Waals surface area contributed by atoms with E-state index in [4.69, 9.17) is 4.74 Å². The Labute approximate surface area is 103 Å². The van der Waals surface area contributed by atoms with E-state index in [1.54, 1.807) is 7.11 Å². The smallest absolute Gasteiger partial charge is 0.118 e. The maximum Gasteiger partial charge on any atom is 0.118 e. The number of ether oxygens (including phenoxy) is 1. The molecule has 0 aliphatic carbocycles. The van der Waals surface area contributed by atoms with Gasteiger partial charge in [0.25, 0.3) is 0 Å². The van der Waals surface area contributed by atoms with Gasteiger partial charge in [0.1, 0.15) is 5.75 Å². The lowest BCUT2D eigenvalue weighted by molar-refractivity contribution is 0.0656. The molecule has 0 radical (unpaired) electrons. The summed E-state index contributed by atoms with van der Waals surface area (Å²) in [5.41, 5.74) is 1.49. The van der Waals surface area contributed by atoms with Crippen LogP contribution in [0.2, 0.25) is 0 Å². The quantitative estimate of drug-likeness (QED) is 0.843. The molecule has 1 atom stereocenters. The summed E-state index contributed by atoms with van der Waals surface area (Å²) < 4.78 is 5.23. The van der Waals surface area contributed by atoms with Crippen LogP contribution in [-0.2, 0) is 5.66 Å². The molecule has 2 aliphatic heterocycles. The zero-order chi connectivity index (χ0) is 11.7. The first-order valence-electron chi connectivity index (χ1n) is 6.50. The van der Waals surface area contributed by atoms with Crippen LogP contribution in [0, 0.1) is 0 Å². The van der Waals surface area contributed by atoms with Crippen LogP contribution in [0.15, 0.2) is 24.3 Å². The third-order valence-corrected chi connectivity index (χ3v) is 4.10. The van der Waals surface area contributed by atoms with Gasteiger partial charge in [-0.3, -0.25) is 10.2 Å². The second kappa shape index (κ2) is 4.31. The second-order valence-electron chi connectivity index (χ2n) is 4.96. The normalized spacial score (nSPS) is 29.0. The fraction of sp³-hybridized carbons (Fsp3) is 0.571. The van der Waals surface area contributed by atoms with E-state index in [1.165, 1.54) is 37.9 Å². The van der Waals surface area contributed by atoms with Crippen LogP contribution in [-0.4, -0.2) is 31.6 Å². The Morgan fingerprint density at radius 1 is 1.18 bits per heavy atom. The minimum Gasteiger partial charge on any atom is -0.497 e. The van der Waals surface area contributed by atoms with E-state index in [-0.39, 0.29) is 5.66 Å². The first kappa shape index (κ1) is 11.1. The Bertz CT molecular complexity index is 390. The molecule has 2 aliphatic rings. The SMILES string of the molecule is COc1ccc([C@]23CCCN2CCCN3)cc1. The highest BCUT2D eigenvalue weighted by Crippen LogP contribution is 2.38. The van der Waals surface area contributed by atoms with Gasteiger partial charge in [-0.2, -0.15) is 0 Å². The molecule has 0 unspecified atom stereocenters. The van der Waals surface area contributed by atoms with Crippen molar-refractivity contribution in [1.82, 2.24) is 10.2 Å². The monoisotopic (exact) mass is 232 g/mol. The Morgan fingerprint density at radius 2 is 1.94 bits per heavy atom. The molecule has 92 valence electrons. The maximum absolute atomic E-state index is 5.23. The molecule has 2 fully saturated rings. The molecule has 2 heterocycles. The van der Waals surface area contributed by atoms with Crippen LogP contribution >= 0.6 is 0 Å². The first-order valence-corrected chi connectivity index (χ1v) is 6.50. The van der Waals surface area contributed by atoms with Crippen molar-refractivity contribution in [3.8, 4) is 5.75 Å². The summed E-state index contributed by atoms with van der Waals surface area (Å²) in [6, 6.07) is 8.54. The van der Waals surface area contributed by atoms with Gasteiger partial charge >= 0.3 is 0 Å². The predicted molar refractivity (Wildman–Crippen MR) is 68.1 cm³/mol. The lowest BCUT2D eigenvalue weighted by atomic mass is 9.94. The molecule has 1 N–H and O–H groups in total. The fourth-order valence-electron chi connectivity index (χ4n) is 3.24. The number of hydrogen-bond acceptors (Lipinski definition) is 3. The van der Waals surface area contributed by atoms with Crippen molar-refractivity contribution in [3.63, 3.8) is 0 Å². The number of nitrogens with one attached hydrogen (secondary N) is 1. The van der Waals surface area contributed by atoms with Crippen molar-refractivity contribution in [2.75, 3.05) is 26.7 Å². The molecule has 0 aromatic heterocycles. The van der Waals surface area contributed by atoms with E-state index in [0.29, 0.717) is 0 Å². The average molecular weight is 232 g/mol. The minimum atomic E-state index is 0.102. The summed E-state index contributed by atoms with van der Waals surface area (Å²) in [5, 5.41) is 3.73. The number of benzene rings is 1. The zero-order valence-corrected chi connectivity index (χ0v) is 10.4. The van der Waals surface area contributed by atoms with Crippen LogP contribution in [0.1, 0.15) is 24.8 Å². The molecule has 2 saturated heterocycles. The standard InChI is InChI=1S/C14H20N2O/c1-17-13-6-4-12(5-7-13)14-8-2-10-16(14)11-3-9-15-14/h4-7,15H,2-3,8-11H2,1H3/t14-/m0/s1. The van der Waals surface area contributed by atoms with Gasteiger partial charge in [0.2, 0.25) is 0 Å². The molecule has 1 aromatic carbocycles. The van der Waals surface area contributed by atoms with Gasteiger partial charge in [-0.25, -0.2) is 0 Å². The predicted octanol–water partition coefficient (Wildman–Crippen LogP) is 1.94. The van der Waals surface area contributed by atoms with Crippen molar-refractivity contribution in [1.29, 1.82) is 0 Å². The Morgan fingerprint density at radius 3 is 2.71 bits per heavy atom. The zero-order valence-electron chi connectivity index (χ0n) is 10.4. The highest BCUT2D eigenvalue weighted by Gasteiger charge is 2.43. The Hall–Kier alpha value is -1.06. The van der Waals surface area contributed by atoms with Crippen LogP contribution in [0.3, 0.4) is 0 Å². The van der Waals surface area contributed by atoms with E-state index in [2.05, 4.69) is 34.5 Å². The summed E-state index contributed by atoms with van der Waals surface area (Å²) in [7, 11) is 1.72. The van der Waals surface area contributed by atoms with Gasteiger partial charge < -0.3 is 4.74 Å². The van der Waals surface area contributed by atoms with Crippen molar-refractivity contribution in [2.24, 2.45) is 0 Å². The molecule has 1 aromatic rings. The summed E-state index contributed by atoms with van der Waals surface area (Å²) in [4.78, 5) is 2.60. The van der Waals surface area contributed by atoms with E-state index in [1.807, 2.05) is 0 Å². The number of methoxy groups -OCH3 is 1. The average Bonchev–Trinajstić information content (AvgIpc) is 2.84. The topological polar surface area (TPSA) is 24.5 Å². The number of fused-ring (bicyclic) bond motifs is 1. The summed E-state index contributed by atoms with van der Waals surface area (Å²) >= 11 is 0. The van der Waals surface area contributed by atoms with Crippen LogP contribution in [0.4, 0.5) is 0 Å². The molecular weight excluding hydrogens is 212 g/mol. The summed E-state index contributed by atoms with van der Waals surface area (Å²) in [6.45, 7) is 3.57. The van der Waals surface area contributed by atoms with Gasteiger partial charge in [-0.1, -0.05) is 12.1 Å². The lowest BCUT2D eigenvalue weighted by Crippen LogP contribution is -2.56. The third kappa shape index (κ3) is 1.74. The van der Waals surface area contributed by atoms with Crippen molar-refractivity contribution >= 4 is 0 Å². The molecule has 3 heteroatoms. The van der Waals surface area contributed by atoms with E-state index < -0.39 is 0 Å². The fourth-order valence-corrected chi connectivity index (χ4v) is 3.24. The molecule has 3 nitrogen and oxygen atoms in total. The molecule has 0 spiro atoms. The van der Waals surface area contributed by atoms with Crippen molar-refractivity contribution in [2.45, 2.75) is 24.9 Å². The summed E-state index contributed by atoms with van der Waals surface area (Å²) in [6.07, 6.45) is 3.77. The van der Waals surface area contributed by atoms with Gasteiger partial charge in [-0.05, 0) is 43.5 Å². The summed E-state index contributed by atoms with van der Waals surface area (Å²) in [5.74, 6) is 0.936.